The van der Waals surface area contributed by atoms with Gasteiger partial charge in [-0.25, -0.2) is 0 Å². The van der Waals surface area contributed by atoms with Gasteiger partial charge >= 0.3 is 0 Å². The zero-order chi connectivity index (χ0) is 3.58. The number of hydrogen-bond acceptors (Lipinski definition) is 0. The number of rotatable bonds is 0. The van der Waals surface area contributed by atoms with Crippen molar-refractivity contribution in [2.75, 3.05) is 0 Å². The second-order valence-corrected chi connectivity index (χ2v) is 5.17. The molecule has 0 N–H and O–H groups in total. The molecule has 0 saturated carbocycles. The van der Waals surface area contributed by atoms with Gasteiger partial charge in [-0.15, -0.1) is 0 Å². The molecule has 0 aromatic carbocycles. The second kappa shape index (κ2) is 5.88. The molecular weight excluding hydrogens is 188 g/mol. The fraction of sp³-hybridized carbons (Fsp3) is 0. The third-order valence-corrected chi connectivity index (χ3v) is 0. The van der Waals surface area contributed by atoms with Gasteiger partial charge in [-0.3, -0.25) is 0 Å². The molecule has 0 saturated heterocycles. The summed E-state index contributed by atoms with van der Waals surface area (Å²) in [4.78, 5) is 0. The SMILES string of the molecule is ClP(Cl)Cl.[V]. The quantitative estimate of drug-likeness (QED) is 0.513. The van der Waals surface area contributed by atoms with Crippen LogP contribution in [0.4, 0.5) is 0 Å². The van der Waals surface area contributed by atoms with Gasteiger partial charge < -0.3 is 0 Å². The van der Waals surface area contributed by atoms with Crippen molar-refractivity contribution in [1.82, 2.24) is 0 Å². The van der Waals surface area contributed by atoms with Crippen molar-refractivity contribution in [3.63, 3.8) is 0 Å². The Hall–Kier alpha value is 1.88. The van der Waals surface area contributed by atoms with Crippen LogP contribution >= 0.6 is 39.7 Å². The smallest absolute Gasteiger partial charge is 0.0596 e. The predicted octanol–water partition coefficient (Wildman–Crippen LogP) is 2.93. The van der Waals surface area contributed by atoms with Crippen LogP contribution in [0.2, 0.25) is 0 Å². The Labute approximate surface area is 58.2 Å². The van der Waals surface area contributed by atoms with Crippen molar-refractivity contribution in [3.8, 4) is 0 Å². The number of halogens is 3. The maximum Gasteiger partial charge on any atom is 0.179 e. The van der Waals surface area contributed by atoms with E-state index >= 15 is 0 Å². The maximum absolute atomic E-state index is 4.87. The molecule has 1 radical (unpaired) electrons. The molecule has 0 rings (SSSR count). The zero-order valence-electron chi connectivity index (χ0n) is 2.03. The topological polar surface area (TPSA) is 0 Å². The van der Waals surface area contributed by atoms with E-state index in [4.69, 9.17) is 33.7 Å². The molecule has 0 fully saturated rings. The maximum atomic E-state index is 4.87. The van der Waals surface area contributed by atoms with Gasteiger partial charge in [0.1, 0.15) is 0 Å². The average Bonchev–Trinajstić information content (AvgIpc) is 0.811. The van der Waals surface area contributed by atoms with Gasteiger partial charge in [0.2, 0.25) is 0 Å². The molecule has 31 valence electrons. The molecule has 0 aromatic heterocycles. The molecule has 0 heterocycles. The molecule has 0 unspecified atom stereocenters. The van der Waals surface area contributed by atoms with Crippen LogP contribution in [0.1, 0.15) is 0 Å². The summed E-state index contributed by atoms with van der Waals surface area (Å²) < 4.78 is 0. The van der Waals surface area contributed by atoms with Gasteiger partial charge in [0.05, 0.1) is 0 Å². The molecule has 0 amide bonds. The van der Waals surface area contributed by atoms with Crippen LogP contribution in [0, 0.1) is 0 Å². The Bertz CT molecular complexity index is 11.6. The van der Waals surface area contributed by atoms with E-state index in [0.717, 1.165) is 0 Å². The summed E-state index contributed by atoms with van der Waals surface area (Å²) in [6, 6.07) is 0. The first kappa shape index (κ1) is 9.99. The van der Waals surface area contributed by atoms with Crippen molar-refractivity contribution in [2.45, 2.75) is 0 Å². The van der Waals surface area contributed by atoms with Gasteiger partial charge in [0, 0.05) is 18.6 Å². The number of hydrogen-bond donors (Lipinski definition) is 0. The van der Waals surface area contributed by atoms with E-state index in [9.17, 15) is 0 Å². The molecule has 0 aliphatic heterocycles. The first-order valence-electron chi connectivity index (χ1n) is 0.507. The van der Waals surface area contributed by atoms with E-state index in [2.05, 4.69) is 0 Å². The van der Waals surface area contributed by atoms with Crippen LogP contribution in [0.25, 0.3) is 0 Å². The summed E-state index contributed by atoms with van der Waals surface area (Å²) in [5.41, 5.74) is 0. The van der Waals surface area contributed by atoms with Gasteiger partial charge in [-0.1, -0.05) is 33.7 Å². The molecule has 0 aliphatic carbocycles. The average molecular weight is 188 g/mol. The van der Waals surface area contributed by atoms with Crippen molar-refractivity contribution in [1.29, 1.82) is 0 Å². The normalized spacial score (nSPS) is 7.20. The summed E-state index contributed by atoms with van der Waals surface area (Å²) in [6.07, 6.45) is 0. The van der Waals surface area contributed by atoms with Crippen molar-refractivity contribution in [2.24, 2.45) is 0 Å². The molecule has 5 heteroatoms. The molecular formula is Cl3PV. The first-order valence-corrected chi connectivity index (χ1v) is 4.56. The molecule has 0 spiro atoms. The van der Waals surface area contributed by atoms with Crippen LogP contribution in [0.3, 0.4) is 0 Å². The molecule has 0 atom stereocenters. The Balaban J connectivity index is 0. The van der Waals surface area contributed by atoms with E-state index in [1.807, 2.05) is 0 Å². The molecule has 0 aliphatic rings. The predicted molar refractivity (Wildman–Crippen MR) is 24.5 cm³/mol. The first-order chi connectivity index (χ1) is 1.73. The van der Waals surface area contributed by atoms with E-state index in [1.165, 1.54) is 0 Å². The van der Waals surface area contributed by atoms with Crippen LogP contribution < -0.4 is 0 Å². The monoisotopic (exact) mass is 187 g/mol. The minimum atomic E-state index is -1.20. The third kappa shape index (κ3) is 25.0. The van der Waals surface area contributed by atoms with Crippen LogP contribution in [-0.4, -0.2) is 0 Å². The fourth-order valence-corrected chi connectivity index (χ4v) is 0. The van der Waals surface area contributed by atoms with Crippen molar-refractivity contribution >= 4 is 39.7 Å². The molecule has 5 heavy (non-hydrogen) atoms. The van der Waals surface area contributed by atoms with Crippen molar-refractivity contribution < 1.29 is 18.6 Å². The van der Waals surface area contributed by atoms with E-state index in [1.54, 1.807) is 0 Å². The van der Waals surface area contributed by atoms with Gasteiger partial charge in [-0.05, 0) is 0 Å². The van der Waals surface area contributed by atoms with E-state index in [-0.39, 0.29) is 18.6 Å². The Morgan fingerprint density at radius 3 is 1.00 bits per heavy atom. The van der Waals surface area contributed by atoms with Crippen LogP contribution in [0.5, 0.6) is 0 Å². The summed E-state index contributed by atoms with van der Waals surface area (Å²) >= 11 is 14.6. The molecule has 0 nitrogen and oxygen atoms in total. The Morgan fingerprint density at radius 1 is 1.00 bits per heavy atom. The van der Waals surface area contributed by atoms with E-state index in [0.29, 0.717) is 0 Å². The Kier molecular flexibility index (Phi) is 11.8. The molecule has 0 bridgehead atoms. The van der Waals surface area contributed by atoms with Crippen LogP contribution in [-0.2, 0) is 18.6 Å². The van der Waals surface area contributed by atoms with Crippen LogP contribution in [0.15, 0.2) is 0 Å². The zero-order valence-corrected chi connectivity index (χ0v) is 6.59. The summed E-state index contributed by atoms with van der Waals surface area (Å²) in [5.74, 6) is -1.20. The van der Waals surface area contributed by atoms with E-state index < -0.39 is 5.98 Å². The van der Waals surface area contributed by atoms with Crippen molar-refractivity contribution in [3.05, 3.63) is 0 Å². The standard InChI is InChI=1S/Cl3P.V/c1-4(2)3;. The summed E-state index contributed by atoms with van der Waals surface area (Å²) in [7, 11) is 0. The van der Waals surface area contributed by atoms with Gasteiger partial charge in [-0.2, -0.15) is 0 Å². The van der Waals surface area contributed by atoms with Gasteiger partial charge in [0.15, 0.2) is 5.98 Å². The summed E-state index contributed by atoms with van der Waals surface area (Å²) in [6.45, 7) is 0. The minimum absolute atomic E-state index is 0. The fourth-order valence-electron chi connectivity index (χ4n) is 0. The Morgan fingerprint density at radius 2 is 1.00 bits per heavy atom. The summed E-state index contributed by atoms with van der Waals surface area (Å²) in [5, 5.41) is 0. The van der Waals surface area contributed by atoms with Gasteiger partial charge in [0.25, 0.3) is 0 Å². The third-order valence-electron chi connectivity index (χ3n) is 0. The second-order valence-electron chi connectivity index (χ2n) is 0.192. The largest absolute Gasteiger partial charge is 0.179 e. The molecule has 0 aromatic rings. The minimum Gasteiger partial charge on any atom is -0.0596 e.